The number of carbonyl (C=O) groups is 3. The van der Waals surface area contributed by atoms with Gasteiger partial charge in [-0.05, 0) is 38.5 Å². The van der Waals surface area contributed by atoms with Crippen LogP contribution >= 0.6 is 23.8 Å². The number of hydrogen-bond acceptors (Lipinski definition) is 8. The molecule has 1 aliphatic rings. The number of hydrogen-bond donors (Lipinski definition) is 0. The average Bonchev–Trinajstić information content (AvgIpc) is 2.92. The molecule has 23 heavy (non-hydrogen) atoms. The predicted molar refractivity (Wildman–Crippen MR) is 90.0 cm³/mol. The lowest BCUT2D eigenvalue weighted by molar-refractivity contribution is -0.147. The molecule has 8 heteroatoms. The van der Waals surface area contributed by atoms with E-state index in [1.165, 1.54) is 18.7 Å². The van der Waals surface area contributed by atoms with E-state index in [1.54, 1.807) is 6.92 Å². The van der Waals surface area contributed by atoms with E-state index in [2.05, 4.69) is 0 Å². The molecule has 3 atom stereocenters. The Bertz CT molecular complexity index is 415. The molecule has 0 radical (unpaired) electrons. The summed E-state index contributed by atoms with van der Waals surface area (Å²) in [5.74, 6) is 0.0731. The molecule has 0 aromatic heterocycles. The third kappa shape index (κ3) is 7.58. The Kier molecular flexibility index (Phi) is 9.66. The molecular weight excluding hydrogens is 340 g/mol. The minimum Gasteiger partial charge on any atom is -0.466 e. The molecule has 1 saturated carbocycles. The molecule has 0 aliphatic heterocycles. The topological polar surface area (TPSA) is 78.9 Å². The van der Waals surface area contributed by atoms with Crippen molar-refractivity contribution in [3.8, 4) is 0 Å². The van der Waals surface area contributed by atoms with E-state index in [0.29, 0.717) is 31.8 Å². The molecule has 132 valence electrons. The smallest absolute Gasteiger partial charge is 0.308 e. The number of carbonyl (C=O) groups excluding carboxylic acids is 3. The third-order valence-electron chi connectivity index (χ3n) is 3.62. The fourth-order valence-corrected chi connectivity index (χ4v) is 4.12. The van der Waals surface area contributed by atoms with Gasteiger partial charge in [-0.2, -0.15) is 0 Å². The van der Waals surface area contributed by atoms with Crippen LogP contribution in [0.25, 0.3) is 0 Å². The standard InChI is InChI=1S/C15H24O6S2/c1-4-19-14(17)11-6-12(8-20-10(3)16)13(7-11)9-22-15(18)23-21-5-2/h11-13H,4-9H2,1-3H3. The van der Waals surface area contributed by atoms with Crippen LogP contribution in [0.15, 0.2) is 0 Å². The second kappa shape index (κ2) is 10.9. The maximum absolute atomic E-state index is 11.9. The van der Waals surface area contributed by atoms with Crippen molar-refractivity contribution in [2.24, 2.45) is 17.8 Å². The van der Waals surface area contributed by atoms with E-state index >= 15 is 0 Å². The highest BCUT2D eigenvalue weighted by molar-refractivity contribution is 8.36. The van der Waals surface area contributed by atoms with Crippen LogP contribution < -0.4 is 0 Å². The molecule has 1 rings (SSSR count). The van der Waals surface area contributed by atoms with Gasteiger partial charge in [0.05, 0.1) is 37.8 Å². The van der Waals surface area contributed by atoms with Gasteiger partial charge in [-0.15, -0.1) is 0 Å². The fraction of sp³-hybridized carbons (Fsp3) is 0.800. The van der Waals surface area contributed by atoms with Gasteiger partial charge in [0.1, 0.15) is 0 Å². The van der Waals surface area contributed by atoms with Crippen LogP contribution in [0.2, 0.25) is 0 Å². The zero-order valence-electron chi connectivity index (χ0n) is 13.7. The molecule has 3 unspecified atom stereocenters. The van der Waals surface area contributed by atoms with Crippen LogP contribution in [-0.2, 0) is 23.2 Å². The molecule has 1 fully saturated rings. The largest absolute Gasteiger partial charge is 0.466 e. The summed E-state index contributed by atoms with van der Waals surface area (Å²) in [6, 6.07) is 0. The molecule has 0 amide bonds. The van der Waals surface area contributed by atoms with Crippen molar-refractivity contribution >= 4 is 40.2 Å². The summed E-state index contributed by atoms with van der Waals surface area (Å²) in [7, 11) is 0. The SMILES string of the molecule is CCOSC(=O)SCC1CC(C(=O)OCC)CC1COC(C)=O. The summed E-state index contributed by atoms with van der Waals surface area (Å²) in [4.78, 5) is 34.6. The Morgan fingerprint density at radius 3 is 2.35 bits per heavy atom. The van der Waals surface area contributed by atoms with Gasteiger partial charge in [0.2, 0.25) is 0 Å². The van der Waals surface area contributed by atoms with Crippen LogP contribution in [0, 0.1) is 17.8 Å². The van der Waals surface area contributed by atoms with Crippen molar-refractivity contribution in [3.05, 3.63) is 0 Å². The number of ether oxygens (including phenoxy) is 2. The number of esters is 2. The van der Waals surface area contributed by atoms with Gasteiger partial charge < -0.3 is 13.7 Å². The molecule has 0 aromatic carbocycles. The van der Waals surface area contributed by atoms with Crippen LogP contribution in [-0.4, -0.2) is 42.0 Å². The Balaban J connectivity index is 2.54. The van der Waals surface area contributed by atoms with E-state index in [9.17, 15) is 14.4 Å². The Morgan fingerprint density at radius 1 is 1.04 bits per heavy atom. The summed E-state index contributed by atoms with van der Waals surface area (Å²) < 4.78 is 15.1. The van der Waals surface area contributed by atoms with Crippen LogP contribution in [0.1, 0.15) is 33.6 Å². The minimum absolute atomic E-state index is 0.0747. The first-order valence-corrected chi connectivity index (χ1v) is 9.46. The van der Waals surface area contributed by atoms with Gasteiger partial charge in [0.15, 0.2) is 0 Å². The predicted octanol–water partition coefficient (Wildman–Crippen LogP) is 3.29. The molecule has 6 nitrogen and oxygen atoms in total. The van der Waals surface area contributed by atoms with Gasteiger partial charge >= 0.3 is 11.9 Å². The van der Waals surface area contributed by atoms with Gasteiger partial charge in [0, 0.05) is 12.7 Å². The Labute approximate surface area is 145 Å². The summed E-state index contributed by atoms with van der Waals surface area (Å²) in [5, 5.41) is 0. The monoisotopic (exact) mass is 364 g/mol. The molecule has 0 heterocycles. The highest BCUT2D eigenvalue weighted by Gasteiger charge is 2.39. The minimum atomic E-state index is -0.334. The first-order valence-electron chi connectivity index (χ1n) is 7.74. The maximum atomic E-state index is 11.9. The highest BCUT2D eigenvalue weighted by Crippen LogP contribution is 2.40. The summed E-state index contributed by atoms with van der Waals surface area (Å²) in [6.45, 7) is 6.07. The van der Waals surface area contributed by atoms with Crippen LogP contribution in [0.5, 0.6) is 0 Å². The first kappa shape index (κ1) is 20.3. The van der Waals surface area contributed by atoms with Gasteiger partial charge in [-0.3, -0.25) is 14.4 Å². The van der Waals surface area contributed by atoms with Gasteiger partial charge in [0.25, 0.3) is 4.45 Å². The van der Waals surface area contributed by atoms with Crippen molar-refractivity contribution < 1.29 is 28.0 Å². The zero-order valence-corrected chi connectivity index (χ0v) is 15.4. The lowest BCUT2D eigenvalue weighted by atomic mass is 9.99. The van der Waals surface area contributed by atoms with Crippen molar-refractivity contribution in [1.29, 1.82) is 0 Å². The second-order valence-corrected chi connectivity index (χ2v) is 7.32. The summed E-state index contributed by atoms with van der Waals surface area (Å²) >= 11 is 2.03. The number of thioether (sulfide) groups is 1. The van der Waals surface area contributed by atoms with Crippen LogP contribution in [0.4, 0.5) is 4.79 Å². The maximum Gasteiger partial charge on any atom is 0.308 e. The Hall–Kier alpha value is -0.730. The zero-order chi connectivity index (χ0) is 17.2. The summed E-state index contributed by atoms with van der Waals surface area (Å²) in [6.07, 6.45) is 1.29. The lowest BCUT2D eigenvalue weighted by Gasteiger charge is -2.17. The molecule has 0 N–H and O–H groups in total. The molecule has 0 aromatic rings. The number of rotatable bonds is 8. The Morgan fingerprint density at radius 2 is 1.74 bits per heavy atom. The second-order valence-electron chi connectivity index (χ2n) is 5.29. The molecule has 1 aliphatic carbocycles. The van der Waals surface area contributed by atoms with E-state index in [4.69, 9.17) is 13.7 Å². The van der Waals surface area contributed by atoms with E-state index in [1.807, 2.05) is 6.92 Å². The first-order chi connectivity index (χ1) is 11.0. The third-order valence-corrected chi connectivity index (χ3v) is 5.50. The van der Waals surface area contributed by atoms with Crippen molar-refractivity contribution in [2.45, 2.75) is 33.6 Å². The molecular formula is C15H24O6S2. The van der Waals surface area contributed by atoms with Crippen LogP contribution in [0.3, 0.4) is 0 Å². The lowest BCUT2D eigenvalue weighted by Crippen LogP contribution is -2.18. The average molecular weight is 364 g/mol. The normalized spacial score (nSPS) is 23.5. The fourth-order valence-electron chi connectivity index (χ4n) is 2.60. The van der Waals surface area contributed by atoms with Crippen molar-refractivity contribution in [1.82, 2.24) is 0 Å². The van der Waals surface area contributed by atoms with Gasteiger partial charge in [-0.1, -0.05) is 11.8 Å². The highest BCUT2D eigenvalue weighted by atomic mass is 32.2. The van der Waals surface area contributed by atoms with E-state index in [0.717, 1.165) is 12.0 Å². The molecule has 0 spiro atoms. The molecule has 0 saturated heterocycles. The van der Waals surface area contributed by atoms with Crippen molar-refractivity contribution in [2.75, 3.05) is 25.6 Å². The van der Waals surface area contributed by atoms with Gasteiger partial charge in [-0.25, -0.2) is 0 Å². The van der Waals surface area contributed by atoms with E-state index in [-0.39, 0.29) is 40.7 Å². The quantitative estimate of drug-likeness (QED) is 0.479. The summed E-state index contributed by atoms with van der Waals surface area (Å²) in [5.41, 5.74) is 0. The van der Waals surface area contributed by atoms with Crippen molar-refractivity contribution in [3.63, 3.8) is 0 Å². The molecule has 0 bridgehead atoms. The van der Waals surface area contributed by atoms with E-state index < -0.39 is 0 Å².